The summed E-state index contributed by atoms with van der Waals surface area (Å²) in [6.07, 6.45) is -1.60. The summed E-state index contributed by atoms with van der Waals surface area (Å²) in [4.78, 5) is 8.04. The van der Waals surface area contributed by atoms with E-state index in [-0.39, 0.29) is 18.4 Å². The van der Waals surface area contributed by atoms with Crippen LogP contribution in [0.2, 0.25) is 0 Å². The lowest BCUT2D eigenvalue weighted by molar-refractivity contribution is -0.0471. The Hall–Kier alpha value is -1.24. The van der Waals surface area contributed by atoms with Crippen molar-refractivity contribution in [3.8, 4) is 0 Å². The van der Waals surface area contributed by atoms with E-state index in [4.69, 9.17) is 21.3 Å². The van der Waals surface area contributed by atoms with Crippen molar-refractivity contribution in [3.05, 3.63) is 3.70 Å². The van der Waals surface area contributed by atoms with E-state index < -0.39 is 18.4 Å². The maximum atomic E-state index is 9.80. The zero-order chi connectivity index (χ0) is 14.4. The number of halogens is 1. The molecule has 3 heterocycles. The number of anilines is 2. The van der Waals surface area contributed by atoms with Gasteiger partial charge in [0.05, 0.1) is 18.1 Å². The van der Waals surface area contributed by atoms with Crippen LogP contribution in [0.4, 0.5) is 11.8 Å². The maximum absolute atomic E-state index is 9.80. The lowest BCUT2D eigenvalue weighted by atomic mass is 10.2. The Bertz CT molecular complexity index is 662. The minimum Gasteiger partial charge on any atom is -0.394 e. The Labute approximate surface area is 127 Å². The highest BCUT2D eigenvalue weighted by Crippen LogP contribution is 2.33. The molecular weight excluding hydrogens is 379 g/mol. The van der Waals surface area contributed by atoms with Crippen LogP contribution in [0.15, 0.2) is 0 Å². The number of nitrogens with two attached hydrogens (primary N) is 2. The number of aliphatic hydroxyl groups excluding tert-OH is 2. The molecule has 0 aromatic carbocycles. The van der Waals surface area contributed by atoms with Gasteiger partial charge in [0.2, 0.25) is 5.95 Å². The minimum atomic E-state index is -0.751. The average molecular weight is 392 g/mol. The van der Waals surface area contributed by atoms with Crippen molar-refractivity contribution in [2.24, 2.45) is 0 Å². The first kappa shape index (κ1) is 13.7. The third kappa shape index (κ3) is 2.08. The summed E-state index contributed by atoms with van der Waals surface area (Å²) >= 11 is 2.02. The van der Waals surface area contributed by atoms with E-state index in [1.165, 1.54) is 4.68 Å². The van der Waals surface area contributed by atoms with Gasteiger partial charge in [0.25, 0.3) is 0 Å². The van der Waals surface area contributed by atoms with E-state index >= 15 is 0 Å². The summed E-state index contributed by atoms with van der Waals surface area (Å²) in [7, 11) is 0. The fourth-order valence-corrected chi connectivity index (χ4v) is 3.02. The van der Waals surface area contributed by atoms with Gasteiger partial charge in [-0.3, -0.25) is 0 Å². The smallest absolute Gasteiger partial charge is 0.224 e. The highest BCUT2D eigenvalue weighted by atomic mass is 127. The summed E-state index contributed by atoms with van der Waals surface area (Å²) < 4.78 is 7.71. The topological polar surface area (TPSA) is 145 Å². The molecule has 10 heteroatoms. The van der Waals surface area contributed by atoms with E-state index in [1.54, 1.807) is 0 Å². The van der Waals surface area contributed by atoms with E-state index in [9.17, 15) is 5.11 Å². The average Bonchev–Trinajstić information content (AvgIpc) is 2.90. The number of ether oxygens (including phenoxy) is 1. The van der Waals surface area contributed by atoms with E-state index in [2.05, 4.69) is 15.1 Å². The molecule has 9 nitrogen and oxygen atoms in total. The molecule has 1 aliphatic rings. The molecule has 0 saturated carbocycles. The normalized spacial score (nSPS) is 26.4. The van der Waals surface area contributed by atoms with Crippen molar-refractivity contribution in [1.82, 2.24) is 19.7 Å². The Morgan fingerprint density at radius 3 is 2.80 bits per heavy atom. The third-order valence-electron chi connectivity index (χ3n) is 3.21. The molecule has 2 aromatic rings. The molecule has 3 atom stereocenters. The Morgan fingerprint density at radius 1 is 1.40 bits per heavy atom. The second-order valence-electron chi connectivity index (χ2n) is 4.52. The van der Waals surface area contributed by atoms with Gasteiger partial charge in [0, 0.05) is 6.42 Å². The van der Waals surface area contributed by atoms with Gasteiger partial charge in [-0.05, 0) is 22.6 Å². The number of hydrogen-bond donors (Lipinski definition) is 4. The lowest BCUT2D eigenvalue weighted by Crippen LogP contribution is -2.24. The molecule has 0 unspecified atom stereocenters. The predicted octanol–water partition coefficient (Wildman–Crippen LogP) is -0.764. The third-order valence-corrected chi connectivity index (χ3v) is 3.97. The predicted molar refractivity (Wildman–Crippen MR) is 78.5 cm³/mol. The van der Waals surface area contributed by atoms with Crippen molar-refractivity contribution >= 4 is 45.4 Å². The van der Waals surface area contributed by atoms with Crippen molar-refractivity contribution in [2.75, 3.05) is 18.1 Å². The minimum absolute atomic E-state index is 0.0461. The van der Waals surface area contributed by atoms with Crippen LogP contribution < -0.4 is 11.5 Å². The summed E-state index contributed by atoms with van der Waals surface area (Å²) in [5.41, 5.74) is 11.9. The highest BCUT2D eigenvalue weighted by Gasteiger charge is 2.36. The van der Waals surface area contributed by atoms with E-state index in [1.807, 2.05) is 22.6 Å². The van der Waals surface area contributed by atoms with Crippen LogP contribution in [0.3, 0.4) is 0 Å². The molecule has 108 valence electrons. The molecule has 2 aromatic heterocycles. The van der Waals surface area contributed by atoms with Crippen LogP contribution in [-0.2, 0) is 4.74 Å². The number of fused-ring (bicyclic) bond motifs is 1. The largest absolute Gasteiger partial charge is 0.394 e. The van der Waals surface area contributed by atoms with Gasteiger partial charge < -0.3 is 26.4 Å². The van der Waals surface area contributed by atoms with Crippen molar-refractivity contribution in [2.45, 2.75) is 24.9 Å². The van der Waals surface area contributed by atoms with Crippen LogP contribution in [0.5, 0.6) is 0 Å². The van der Waals surface area contributed by atoms with Gasteiger partial charge in [0.1, 0.15) is 15.6 Å². The molecule has 0 radical (unpaired) electrons. The second-order valence-corrected chi connectivity index (χ2v) is 5.54. The molecule has 1 fully saturated rings. The first-order valence-electron chi connectivity index (χ1n) is 5.92. The van der Waals surface area contributed by atoms with Crippen molar-refractivity contribution in [3.63, 3.8) is 0 Å². The summed E-state index contributed by atoms with van der Waals surface area (Å²) in [5, 5.41) is 23.9. The first-order valence-corrected chi connectivity index (χ1v) is 7.00. The number of nitrogen functional groups attached to an aromatic ring is 2. The van der Waals surface area contributed by atoms with Crippen LogP contribution in [0, 0.1) is 3.70 Å². The lowest BCUT2D eigenvalue weighted by Gasteiger charge is -2.12. The molecule has 0 spiro atoms. The van der Waals surface area contributed by atoms with Gasteiger partial charge in [-0.25, -0.2) is 4.68 Å². The zero-order valence-corrected chi connectivity index (χ0v) is 12.4. The SMILES string of the molecule is Nc1nc(N)c2c(I)nn([C@H]3C[C@H](O)[C@@H](CO)O3)c2n1. The second kappa shape index (κ2) is 4.95. The molecular formula is C10H13IN6O3. The molecule has 20 heavy (non-hydrogen) atoms. The monoisotopic (exact) mass is 392 g/mol. The van der Waals surface area contributed by atoms with Gasteiger partial charge in [-0.2, -0.15) is 15.1 Å². The maximum Gasteiger partial charge on any atom is 0.224 e. The molecule has 1 saturated heterocycles. The Kier molecular flexibility index (Phi) is 3.40. The van der Waals surface area contributed by atoms with Gasteiger partial charge in [-0.15, -0.1) is 0 Å². The zero-order valence-electron chi connectivity index (χ0n) is 10.3. The van der Waals surface area contributed by atoms with Gasteiger partial charge in [-0.1, -0.05) is 0 Å². The number of aliphatic hydroxyl groups is 2. The van der Waals surface area contributed by atoms with Crippen LogP contribution in [0.25, 0.3) is 11.0 Å². The Morgan fingerprint density at radius 2 is 2.15 bits per heavy atom. The quantitative estimate of drug-likeness (QED) is 0.488. The molecule has 6 N–H and O–H groups in total. The van der Waals surface area contributed by atoms with Crippen LogP contribution in [-0.4, -0.2) is 48.8 Å². The Balaban J connectivity index is 2.09. The number of aromatic nitrogens is 4. The van der Waals surface area contributed by atoms with E-state index in [0.717, 1.165) is 0 Å². The van der Waals surface area contributed by atoms with Crippen molar-refractivity contribution in [1.29, 1.82) is 0 Å². The summed E-state index contributed by atoms with van der Waals surface area (Å²) in [5.74, 6) is 0.296. The van der Waals surface area contributed by atoms with E-state index in [0.29, 0.717) is 21.2 Å². The van der Waals surface area contributed by atoms with Gasteiger partial charge in [0.15, 0.2) is 11.9 Å². The fourth-order valence-electron chi connectivity index (χ4n) is 2.27. The highest BCUT2D eigenvalue weighted by molar-refractivity contribution is 14.1. The number of hydrogen-bond acceptors (Lipinski definition) is 8. The molecule has 0 aliphatic carbocycles. The molecule has 3 rings (SSSR count). The number of rotatable bonds is 2. The molecule has 0 amide bonds. The summed E-state index contributed by atoms with van der Waals surface area (Å²) in [6, 6.07) is 0. The molecule has 1 aliphatic heterocycles. The summed E-state index contributed by atoms with van der Waals surface area (Å²) in [6.45, 7) is -0.257. The standard InChI is InChI=1S/C10H13IN6O3/c11-7-6-8(12)14-10(13)15-9(6)17(16-7)5-1-3(19)4(2-18)20-5/h3-5,18-19H,1-2H2,(H4,12,13,14,15)/t3-,4+,5+/m0/s1. The number of nitrogens with zero attached hydrogens (tertiary/aromatic N) is 4. The van der Waals surface area contributed by atoms with Crippen molar-refractivity contribution < 1.29 is 14.9 Å². The molecule has 0 bridgehead atoms. The fraction of sp³-hybridized carbons (Fsp3) is 0.500. The van der Waals surface area contributed by atoms with Crippen LogP contribution in [0.1, 0.15) is 12.6 Å². The first-order chi connectivity index (χ1) is 9.51. The van der Waals surface area contributed by atoms with Gasteiger partial charge >= 0.3 is 0 Å². The van der Waals surface area contributed by atoms with Crippen LogP contribution >= 0.6 is 22.6 Å².